The summed E-state index contributed by atoms with van der Waals surface area (Å²) in [7, 11) is 2.14. The fourth-order valence-electron chi connectivity index (χ4n) is 4.29. The van der Waals surface area contributed by atoms with Crippen molar-refractivity contribution in [2.75, 3.05) is 55.0 Å². The standard InChI is InChI=1S/C27H28N4O3/c1-29-14-16-30(17-15-29)23-12-10-22(11-13-23)28-27(33)21-8-6-20(7-9-21)18-31-24-4-2-3-5-25(24)34-19-26(31)32/h2-13H,14-19H2,1H3,(H,28,33). The highest BCUT2D eigenvalue weighted by Gasteiger charge is 2.25. The van der Waals surface area contributed by atoms with Crippen LogP contribution in [0.5, 0.6) is 5.75 Å². The van der Waals surface area contributed by atoms with Gasteiger partial charge in [0.25, 0.3) is 11.8 Å². The van der Waals surface area contributed by atoms with Gasteiger partial charge in [-0.05, 0) is 61.1 Å². The molecule has 0 bridgehead atoms. The Morgan fingerprint density at radius 3 is 2.35 bits per heavy atom. The second kappa shape index (κ2) is 9.57. The van der Waals surface area contributed by atoms with Crippen LogP contribution in [0, 0.1) is 0 Å². The SMILES string of the molecule is CN1CCN(c2ccc(NC(=O)c3ccc(CN4C(=O)COc5ccccc54)cc3)cc2)CC1. The van der Waals surface area contributed by atoms with E-state index in [1.54, 1.807) is 17.0 Å². The lowest BCUT2D eigenvalue weighted by atomic mass is 10.1. The van der Waals surface area contributed by atoms with Crippen molar-refractivity contribution in [2.24, 2.45) is 0 Å². The Labute approximate surface area is 199 Å². The number of ether oxygens (including phenoxy) is 1. The monoisotopic (exact) mass is 456 g/mol. The van der Waals surface area contributed by atoms with Gasteiger partial charge in [0.1, 0.15) is 5.75 Å². The summed E-state index contributed by atoms with van der Waals surface area (Å²) in [5.41, 5.74) is 4.22. The van der Waals surface area contributed by atoms with Crippen molar-refractivity contribution in [3.05, 3.63) is 83.9 Å². The van der Waals surface area contributed by atoms with Crippen LogP contribution in [0.3, 0.4) is 0 Å². The van der Waals surface area contributed by atoms with Gasteiger partial charge in [-0.25, -0.2) is 0 Å². The number of nitrogens with zero attached hydrogens (tertiary/aromatic N) is 3. The second-order valence-electron chi connectivity index (χ2n) is 8.72. The van der Waals surface area contributed by atoms with E-state index in [9.17, 15) is 9.59 Å². The Morgan fingerprint density at radius 2 is 1.62 bits per heavy atom. The molecule has 2 aliphatic heterocycles. The average molecular weight is 457 g/mol. The molecule has 3 aromatic carbocycles. The van der Waals surface area contributed by atoms with E-state index in [4.69, 9.17) is 4.74 Å². The fourth-order valence-corrected chi connectivity index (χ4v) is 4.29. The van der Waals surface area contributed by atoms with Gasteiger partial charge >= 0.3 is 0 Å². The maximum atomic E-state index is 12.7. The van der Waals surface area contributed by atoms with E-state index in [1.807, 2.05) is 48.5 Å². The summed E-state index contributed by atoms with van der Waals surface area (Å²) in [5.74, 6) is 0.462. The highest BCUT2D eigenvalue weighted by atomic mass is 16.5. The number of hydrogen-bond donors (Lipinski definition) is 1. The topological polar surface area (TPSA) is 65.1 Å². The number of benzene rings is 3. The summed E-state index contributed by atoms with van der Waals surface area (Å²) in [6, 6.07) is 22.9. The van der Waals surface area contributed by atoms with Crippen LogP contribution in [0.4, 0.5) is 17.1 Å². The number of rotatable bonds is 5. The van der Waals surface area contributed by atoms with Crippen molar-refractivity contribution in [1.29, 1.82) is 0 Å². The molecule has 0 atom stereocenters. The van der Waals surface area contributed by atoms with Gasteiger partial charge in [0.15, 0.2) is 6.61 Å². The third-order valence-corrected chi connectivity index (χ3v) is 6.36. The molecule has 0 saturated carbocycles. The molecule has 1 N–H and O–H groups in total. The van der Waals surface area contributed by atoms with E-state index in [-0.39, 0.29) is 18.4 Å². The Kier molecular flexibility index (Phi) is 6.18. The van der Waals surface area contributed by atoms with Gasteiger partial charge in [-0.15, -0.1) is 0 Å². The van der Waals surface area contributed by atoms with E-state index >= 15 is 0 Å². The molecule has 3 aromatic rings. The zero-order valence-corrected chi connectivity index (χ0v) is 19.2. The maximum absolute atomic E-state index is 12.7. The summed E-state index contributed by atoms with van der Waals surface area (Å²) < 4.78 is 5.51. The second-order valence-corrected chi connectivity index (χ2v) is 8.72. The van der Waals surface area contributed by atoms with Crippen LogP contribution in [0.15, 0.2) is 72.8 Å². The van der Waals surface area contributed by atoms with Crippen molar-refractivity contribution in [2.45, 2.75) is 6.54 Å². The first-order valence-corrected chi connectivity index (χ1v) is 11.5. The molecule has 1 saturated heterocycles. The first kappa shape index (κ1) is 22.0. The van der Waals surface area contributed by atoms with Crippen molar-refractivity contribution in [1.82, 2.24) is 4.90 Å². The van der Waals surface area contributed by atoms with Crippen LogP contribution < -0.4 is 19.9 Å². The number of carbonyl (C=O) groups is 2. The Balaban J connectivity index is 1.21. The number of amides is 2. The van der Waals surface area contributed by atoms with E-state index in [0.29, 0.717) is 17.9 Å². The molecule has 0 aromatic heterocycles. The van der Waals surface area contributed by atoms with E-state index in [2.05, 4.69) is 34.3 Å². The first-order chi connectivity index (χ1) is 16.6. The van der Waals surface area contributed by atoms with Gasteiger partial charge in [0, 0.05) is 43.1 Å². The van der Waals surface area contributed by atoms with Gasteiger partial charge in [-0.1, -0.05) is 24.3 Å². The number of para-hydroxylation sites is 2. The third kappa shape index (κ3) is 4.75. The molecule has 34 heavy (non-hydrogen) atoms. The molecule has 0 unspecified atom stereocenters. The summed E-state index contributed by atoms with van der Waals surface area (Å²) in [5, 5.41) is 2.97. The van der Waals surface area contributed by atoms with Gasteiger partial charge in [-0.2, -0.15) is 0 Å². The normalized spacial score (nSPS) is 16.1. The molecule has 5 rings (SSSR count). The molecule has 174 valence electrons. The predicted molar refractivity (Wildman–Crippen MR) is 134 cm³/mol. The molecule has 0 aliphatic carbocycles. The Bertz CT molecular complexity index is 1170. The minimum Gasteiger partial charge on any atom is -0.482 e. The quantitative estimate of drug-likeness (QED) is 0.635. The van der Waals surface area contributed by atoms with Gasteiger partial charge in [-0.3, -0.25) is 9.59 Å². The van der Waals surface area contributed by atoms with Crippen LogP contribution in [-0.4, -0.2) is 56.5 Å². The highest BCUT2D eigenvalue weighted by Crippen LogP contribution is 2.32. The number of hydrogen-bond acceptors (Lipinski definition) is 5. The number of nitrogens with one attached hydrogen (secondary N) is 1. The minimum atomic E-state index is -0.160. The molecule has 2 amide bonds. The van der Waals surface area contributed by atoms with Crippen LogP contribution >= 0.6 is 0 Å². The smallest absolute Gasteiger partial charge is 0.265 e. The summed E-state index contributed by atoms with van der Waals surface area (Å²) in [6.07, 6.45) is 0. The van der Waals surface area contributed by atoms with E-state index in [0.717, 1.165) is 43.1 Å². The number of fused-ring (bicyclic) bond motifs is 1. The third-order valence-electron chi connectivity index (χ3n) is 6.36. The molecular weight excluding hydrogens is 428 g/mol. The number of anilines is 3. The predicted octanol–water partition coefficient (Wildman–Crippen LogP) is 3.62. The summed E-state index contributed by atoms with van der Waals surface area (Å²) in [6.45, 7) is 4.59. The van der Waals surface area contributed by atoms with Crippen LogP contribution in [0.25, 0.3) is 0 Å². The van der Waals surface area contributed by atoms with Crippen LogP contribution in [0.2, 0.25) is 0 Å². The summed E-state index contributed by atoms with van der Waals surface area (Å²) in [4.78, 5) is 31.6. The first-order valence-electron chi connectivity index (χ1n) is 11.5. The highest BCUT2D eigenvalue weighted by molar-refractivity contribution is 6.04. The summed E-state index contributed by atoms with van der Waals surface area (Å²) >= 11 is 0. The molecule has 7 heteroatoms. The van der Waals surface area contributed by atoms with Gasteiger partial charge in [0.2, 0.25) is 0 Å². The fraction of sp³-hybridized carbons (Fsp3) is 0.259. The van der Waals surface area contributed by atoms with Crippen molar-refractivity contribution in [3.8, 4) is 5.75 Å². The lowest BCUT2D eigenvalue weighted by molar-refractivity contribution is -0.121. The largest absolute Gasteiger partial charge is 0.482 e. The molecule has 2 aliphatic rings. The Morgan fingerprint density at radius 1 is 0.912 bits per heavy atom. The van der Waals surface area contributed by atoms with Crippen molar-refractivity contribution < 1.29 is 14.3 Å². The molecule has 0 radical (unpaired) electrons. The van der Waals surface area contributed by atoms with Crippen molar-refractivity contribution in [3.63, 3.8) is 0 Å². The lowest BCUT2D eigenvalue weighted by Gasteiger charge is -2.34. The zero-order valence-electron chi connectivity index (χ0n) is 19.2. The number of piperazine rings is 1. The maximum Gasteiger partial charge on any atom is 0.265 e. The molecular formula is C27H28N4O3. The average Bonchev–Trinajstić information content (AvgIpc) is 2.87. The van der Waals surface area contributed by atoms with Gasteiger partial charge < -0.3 is 24.8 Å². The molecule has 7 nitrogen and oxygen atoms in total. The number of likely N-dealkylation sites (N-methyl/N-ethyl adjacent to an activating group) is 1. The molecule has 1 fully saturated rings. The van der Waals surface area contributed by atoms with E-state index < -0.39 is 0 Å². The van der Waals surface area contributed by atoms with E-state index in [1.165, 1.54) is 5.69 Å². The zero-order chi connectivity index (χ0) is 23.5. The van der Waals surface area contributed by atoms with Crippen molar-refractivity contribution >= 4 is 28.9 Å². The lowest BCUT2D eigenvalue weighted by Crippen LogP contribution is -2.44. The van der Waals surface area contributed by atoms with Crippen LogP contribution in [0.1, 0.15) is 15.9 Å². The number of carbonyl (C=O) groups excluding carboxylic acids is 2. The minimum absolute atomic E-state index is 0.0328. The van der Waals surface area contributed by atoms with Gasteiger partial charge in [0.05, 0.1) is 12.2 Å². The molecule has 0 spiro atoms. The van der Waals surface area contributed by atoms with Crippen LogP contribution in [-0.2, 0) is 11.3 Å². The molecule has 2 heterocycles. The Hall–Kier alpha value is -3.84.